The van der Waals surface area contributed by atoms with Gasteiger partial charge in [0.2, 0.25) is 0 Å². The second kappa shape index (κ2) is 1.81. The van der Waals surface area contributed by atoms with Gasteiger partial charge >= 0.3 is 0 Å². The number of fused-ring (bicyclic) bond motifs is 1. The topological polar surface area (TPSA) is 67.3 Å². The predicted molar refractivity (Wildman–Crippen MR) is 35.6 cm³/mol. The van der Waals surface area contributed by atoms with Gasteiger partial charge in [-0.3, -0.25) is 0 Å². The standard InChI is InChI=1S/C5H5N4O/c10-9-1-4-5(8-3-9)7-2-6-4/h2-3H,1H2,(H,6,7)/q-1. The Morgan fingerprint density at radius 3 is 3.50 bits per heavy atom. The SMILES string of the molecule is [O-]N1C=Nc2nc[nH]c2C1. The minimum atomic E-state index is 0.318. The van der Waals surface area contributed by atoms with E-state index in [0.717, 1.165) is 10.8 Å². The fourth-order valence-corrected chi connectivity index (χ4v) is 0.857. The van der Waals surface area contributed by atoms with Crippen molar-refractivity contribution in [2.45, 2.75) is 6.54 Å². The molecule has 0 atom stereocenters. The van der Waals surface area contributed by atoms with E-state index in [1.165, 1.54) is 12.7 Å². The maximum atomic E-state index is 10.6. The molecule has 2 heterocycles. The van der Waals surface area contributed by atoms with Crippen LogP contribution in [-0.2, 0) is 6.54 Å². The number of aromatic nitrogens is 2. The third kappa shape index (κ3) is 0.679. The minimum absolute atomic E-state index is 0.318. The Morgan fingerprint density at radius 2 is 2.60 bits per heavy atom. The van der Waals surface area contributed by atoms with Gasteiger partial charge in [-0.25, -0.2) is 9.98 Å². The molecule has 0 saturated carbocycles. The van der Waals surface area contributed by atoms with Crippen molar-refractivity contribution in [2.24, 2.45) is 4.99 Å². The monoisotopic (exact) mass is 137 g/mol. The van der Waals surface area contributed by atoms with Gasteiger partial charge in [0.1, 0.15) is 0 Å². The van der Waals surface area contributed by atoms with Gasteiger partial charge in [0, 0.05) is 0 Å². The molecule has 1 aliphatic heterocycles. The summed E-state index contributed by atoms with van der Waals surface area (Å²) in [6.45, 7) is 0.318. The summed E-state index contributed by atoms with van der Waals surface area (Å²) >= 11 is 0. The molecule has 2 rings (SSSR count). The normalized spacial score (nSPS) is 15.5. The molecule has 10 heavy (non-hydrogen) atoms. The number of aliphatic imine (C=N–C) groups is 1. The number of nitrogens with one attached hydrogen (secondary N) is 1. The maximum absolute atomic E-state index is 10.6. The first-order valence-corrected chi connectivity index (χ1v) is 2.86. The predicted octanol–water partition coefficient (Wildman–Crippen LogP) is 0.383. The summed E-state index contributed by atoms with van der Waals surface area (Å²) in [5.41, 5.74) is 0.775. The second-order valence-corrected chi connectivity index (χ2v) is 2.02. The number of nitrogens with zero attached hydrogens (tertiary/aromatic N) is 3. The minimum Gasteiger partial charge on any atom is -0.757 e. The molecule has 0 radical (unpaired) electrons. The zero-order chi connectivity index (χ0) is 6.97. The Kier molecular flexibility index (Phi) is 0.983. The molecule has 0 bridgehead atoms. The van der Waals surface area contributed by atoms with Crippen molar-refractivity contribution < 1.29 is 0 Å². The van der Waals surface area contributed by atoms with Crippen molar-refractivity contribution in [1.29, 1.82) is 0 Å². The number of H-pyrrole nitrogens is 1. The summed E-state index contributed by atoms with van der Waals surface area (Å²) in [4.78, 5) is 10.5. The van der Waals surface area contributed by atoms with Crippen molar-refractivity contribution in [1.82, 2.24) is 15.0 Å². The van der Waals surface area contributed by atoms with Crippen molar-refractivity contribution in [3.8, 4) is 0 Å². The molecule has 0 amide bonds. The van der Waals surface area contributed by atoms with Crippen molar-refractivity contribution >= 4 is 12.2 Å². The summed E-state index contributed by atoms with van der Waals surface area (Å²) in [6.07, 6.45) is 2.75. The molecule has 5 heteroatoms. The Balaban J connectivity index is 2.43. The number of rotatable bonds is 0. The van der Waals surface area contributed by atoms with Crippen LogP contribution in [0.3, 0.4) is 0 Å². The van der Waals surface area contributed by atoms with Crippen LogP contribution in [0.5, 0.6) is 0 Å². The van der Waals surface area contributed by atoms with Gasteiger partial charge in [0.25, 0.3) is 0 Å². The molecule has 1 aromatic rings. The fraction of sp³-hybridized carbons (Fsp3) is 0.200. The van der Waals surface area contributed by atoms with Crippen LogP contribution in [0.25, 0.3) is 0 Å². The molecular weight excluding hydrogens is 132 g/mol. The highest BCUT2D eigenvalue weighted by molar-refractivity contribution is 5.63. The summed E-state index contributed by atoms with van der Waals surface area (Å²) in [6, 6.07) is 0. The summed E-state index contributed by atoms with van der Waals surface area (Å²) < 4.78 is 0. The van der Waals surface area contributed by atoms with Crippen LogP contribution < -0.4 is 0 Å². The second-order valence-electron chi connectivity index (χ2n) is 2.02. The van der Waals surface area contributed by atoms with Crippen LogP contribution in [0, 0.1) is 5.21 Å². The Labute approximate surface area is 57.0 Å². The van der Waals surface area contributed by atoms with E-state index in [9.17, 15) is 5.21 Å². The lowest BCUT2D eigenvalue weighted by atomic mass is 10.4. The molecule has 1 N–H and O–H groups in total. The molecule has 0 fully saturated rings. The van der Waals surface area contributed by atoms with Gasteiger partial charge in [0.05, 0.1) is 24.9 Å². The Bertz CT molecular complexity index is 266. The number of hydrogen-bond acceptors (Lipinski definition) is 4. The van der Waals surface area contributed by atoms with Gasteiger partial charge in [0.15, 0.2) is 5.82 Å². The molecule has 1 aliphatic rings. The summed E-state index contributed by atoms with van der Waals surface area (Å²) in [7, 11) is 0. The third-order valence-corrected chi connectivity index (χ3v) is 1.32. The van der Waals surface area contributed by atoms with Gasteiger partial charge in [-0.15, -0.1) is 0 Å². The molecule has 0 aliphatic carbocycles. The van der Waals surface area contributed by atoms with Crippen LogP contribution in [0.4, 0.5) is 5.82 Å². The summed E-state index contributed by atoms with van der Waals surface area (Å²) in [5.74, 6) is 0.618. The lowest BCUT2D eigenvalue weighted by Gasteiger charge is -2.26. The molecule has 1 aromatic heterocycles. The molecule has 52 valence electrons. The van der Waals surface area contributed by atoms with E-state index in [0.29, 0.717) is 12.4 Å². The molecule has 0 saturated heterocycles. The smallest absolute Gasteiger partial charge is 0.176 e. The molecule has 0 spiro atoms. The zero-order valence-electron chi connectivity index (χ0n) is 5.11. The zero-order valence-corrected chi connectivity index (χ0v) is 5.11. The van der Waals surface area contributed by atoms with Crippen molar-refractivity contribution in [2.75, 3.05) is 0 Å². The first-order chi connectivity index (χ1) is 4.86. The first kappa shape index (κ1) is 5.43. The van der Waals surface area contributed by atoms with E-state index < -0.39 is 0 Å². The number of aromatic amines is 1. The van der Waals surface area contributed by atoms with E-state index in [2.05, 4.69) is 15.0 Å². The molecule has 0 aromatic carbocycles. The Morgan fingerprint density at radius 1 is 1.70 bits per heavy atom. The average molecular weight is 137 g/mol. The van der Waals surface area contributed by atoms with Crippen LogP contribution >= 0.6 is 0 Å². The van der Waals surface area contributed by atoms with Crippen LogP contribution in [0.15, 0.2) is 11.3 Å². The van der Waals surface area contributed by atoms with E-state index in [4.69, 9.17) is 0 Å². The van der Waals surface area contributed by atoms with Crippen LogP contribution in [0.1, 0.15) is 5.69 Å². The largest absolute Gasteiger partial charge is 0.757 e. The molecule has 0 unspecified atom stereocenters. The van der Waals surface area contributed by atoms with Crippen molar-refractivity contribution in [3.05, 3.63) is 17.2 Å². The molecular formula is C5H5N4O-. The Hall–Kier alpha value is -1.36. The number of imidazole rings is 1. The van der Waals surface area contributed by atoms with Gasteiger partial charge in [-0.2, -0.15) is 0 Å². The van der Waals surface area contributed by atoms with Crippen LogP contribution in [0.2, 0.25) is 0 Å². The highest BCUT2D eigenvalue weighted by Crippen LogP contribution is 2.17. The highest BCUT2D eigenvalue weighted by Gasteiger charge is 2.06. The lowest BCUT2D eigenvalue weighted by molar-refractivity contribution is 0.554. The van der Waals surface area contributed by atoms with Crippen LogP contribution in [-0.4, -0.2) is 21.4 Å². The lowest BCUT2D eigenvalue weighted by Crippen LogP contribution is -2.16. The third-order valence-electron chi connectivity index (χ3n) is 1.32. The van der Waals surface area contributed by atoms with E-state index in [-0.39, 0.29) is 0 Å². The molecule has 5 nitrogen and oxygen atoms in total. The quantitative estimate of drug-likeness (QED) is 0.562. The van der Waals surface area contributed by atoms with E-state index in [1.807, 2.05) is 0 Å². The van der Waals surface area contributed by atoms with Gasteiger partial charge < -0.3 is 15.3 Å². The summed E-state index contributed by atoms with van der Waals surface area (Å²) in [5, 5.41) is 11.4. The average Bonchev–Trinajstić information content (AvgIpc) is 2.33. The van der Waals surface area contributed by atoms with Gasteiger partial charge in [-0.05, 0) is 0 Å². The van der Waals surface area contributed by atoms with Crippen molar-refractivity contribution in [3.63, 3.8) is 0 Å². The maximum Gasteiger partial charge on any atom is 0.176 e. The van der Waals surface area contributed by atoms with Gasteiger partial charge in [-0.1, -0.05) is 0 Å². The first-order valence-electron chi connectivity index (χ1n) is 2.86. The highest BCUT2D eigenvalue weighted by atomic mass is 16.5. The number of hydroxylamine groups is 2. The van der Waals surface area contributed by atoms with E-state index in [1.54, 1.807) is 0 Å². The van der Waals surface area contributed by atoms with E-state index >= 15 is 0 Å². The fourth-order valence-electron chi connectivity index (χ4n) is 0.857. The number of hydrogen-bond donors (Lipinski definition) is 1.